The second kappa shape index (κ2) is 7.01. The van der Waals surface area contributed by atoms with E-state index in [1.165, 1.54) is 0 Å². The van der Waals surface area contributed by atoms with E-state index in [4.69, 9.17) is 9.47 Å². The summed E-state index contributed by atoms with van der Waals surface area (Å²) >= 11 is 0. The number of aromatic nitrogens is 2. The Morgan fingerprint density at radius 3 is 2.00 bits per heavy atom. The van der Waals surface area contributed by atoms with Crippen LogP contribution < -0.4 is 9.47 Å². The molecule has 0 amide bonds. The minimum atomic E-state index is -1.93. The van der Waals surface area contributed by atoms with Gasteiger partial charge in [-0.25, -0.2) is 4.98 Å². The number of methoxy groups -OCH3 is 2. The van der Waals surface area contributed by atoms with Crippen molar-refractivity contribution in [3.05, 3.63) is 77.9 Å². The van der Waals surface area contributed by atoms with Gasteiger partial charge >= 0.3 is 0 Å². The number of nitrogens with zero attached hydrogens (tertiary/aromatic N) is 2. The topological polar surface area (TPSA) is 73.6 Å². The Hall–Kier alpha value is -3.12. The van der Waals surface area contributed by atoms with Crippen LogP contribution in [-0.4, -0.2) is 34.7 Å². The van der Waals surface area contributed by atoms with Gasteiger partial charge in [0.25, 0.3) is 0 Å². The van der Waals surface area contributed by atoms with E-state index < -0.39 is 11.4 Å². The lowest BCUT2D eigenvalue weighted by atomic mass is 9.85. The highest BCUT2D eigenvalue weighted by Crippen LogP contribution is 2.33. The maximum absolute atomic E-state index is 13.3. The zero-order valence-corrected chi connectivity index (χ0v) is 14.8. The minimum Gasteiger partial charge on any atom is -0.497 e. The number of Topliss-reactive ketones (excluding diaryl/α,β-unsaturated/α-hetero) is 1. The number of rotatable bonds is 6. The molecule has 0 aliphatic rings. The second-order valence-corrected chi connectivity index (χ2v) is 5.86. The molecule has 1 heterocycles. The Balaban J connectivity index is 2.13. The zero-order chi connectivity index (χ0) is 18.7. The first-order chi connectivity index (χ1) is 12.5. The summed E-state index contributed by atoms with van der Waals surface area (Å²) in [6.07, 6.45) is 3.23. The van der Waals surface area contributed by atoms with E-state index in [-0.39, 0.29) is 5.82 Å². The summed E-state index contributed by atoms with van der Waals surface area (Å²) in [6.45, 7) is 0. The number of ketones is 1. The van der Waals surface area contributed by atoms with Crippen LogP contribution in [0.5, 0.6) is 11.5 Å². The van der Waals surface area contributed by atoms with Gasteiger partial charge in [-0.1, -0.05) is 12.1 Å². The van der Waals surface area contributed by atoms with Crippen molar-refractivity contribution in [1.82, 2.24) is 9.55 Å². The number of hydrogen-bond donors (Lipinski definition) is 1. The van der Waals surface area contributed by atoms with Crippen molar-refractivity contribution in [2.75, 3.05) is 14.2 Å². The van der Waals surface area contributed by atoms with E-state index in [1.54, 1.807) is 86.8 Å². The van der Waals surface area contributed by atoms with Gasteiger partial charge in [-0.05, 0) is 42.0 Å². The average molecular weight is 352 g/mol. The van der Waals surface area contributed by atoms with E-state index in [9.17, 15) is 9.90 Å². The summed E-state index contributed by atoms with van der Waals surface area (Å²) in [5, 5.41) is 11.5. The quantitative estimate of drug-likeness (QED) is 0.690. The second-order valence-electron chi connectivity index (χ2n) is 5.86. The van der Waals surface area contributed by atoms with Crippen molar-refractivity contribution in [2.24, 2.45) is 7.05 Å². The molecule has 0 fully saturated rings. The van der Waals surface area contributed by atoms with E-state index in [0.717, 1.165) is 0 Å². The molecule has 134 valence electrons. The highest BCUT2D eigenvalue weighted by atomic mass is 16.5. The fraction of sp³-hybridized carbons (Fsp3) is 0.200. The van der Waals surface area contributed by atoms with Crippen molar-refractivity contribution in [3.8, 4) is 11.5 Å². The van der Waals surface area contributed by atoms with Crippen molar-refractivity contribution >= 4 is 5.78 Å². The van der Waals surface area contributed by atoms with Crippen LogP contribution >= 0.6 is 0 Å². The molecule has 0 bridgehead atoms. The predicted molar refractivity (Wildman–Crippen MR) is 96.5 cm³/mol. The summed E-state index contributed by atoms with van der Waals surface area (Å²) in [5.74, 6) is 1.03. The summed E-state index contributed by atoms with van der Waals surface area (Å²) in [5.41, 5.74) is -1.17. The Morgan fingerprint density at radius 2 is 1.54 bits per heavy atom. The largest absolute Gasteiger partial charge is 0.497 e. The first-order valence-electron chi connectivity index (χ1n) is 8.04. The highest BCUT2D eigenvalue weighted by molar-refractivity contribution is 6.04. The van der Waals surface area contributed by atoms with Crippen LogP contribution in [0.1, 0.15) is 21.7 Å². The molecule has 3 rings (SSSR count). The standard InChI is InChI=1S/C20H20N2O4/c1-22-13-12-21-19(22)20(24,15-6-10-17(26-3)11-7-15)18(23)14-4-8-16(25-2)9-5-14/h4-13,24H,1-3H3. The summed E-state index contributed by atoms with van der Waals surface area (Å²) in [6, 6.07) is 13.3. The smallest absolute Gasteiger partial charge is 0.211 e. The molecule has 26 heavy (non-hydrogen) atoms. The van der Waals surface area contributed by atoms with Gasteiger partial charge < -0.3 is 19.1 Å². The molecular weight excluding hydrogens is 332 g/mol. The molecule has 6 nitrogen and oxygen atoms in total. The van der Waals surface area contributed by atoms with E-state index in [0.29, 0.717) is 22.6 Å². The van der Waals surface area contributed by atoms with Crippen molar-refractivity contribution in [3.63, 3.8) is 0 Å². The molecule has 2 aromatic carbocycles. The molecule has 1 N–H and O–H groups in total. The fourth-order valence-corrected chi connectivity index (χ4v) is 2.86. The number of carbonyl (C=O) groups is 1. The van der Waals surface area contributed by atoms with Crippen LogP contribution in [0, 0.1) is 0 Å². The fourth-order valence-electron chi connectivity index (χ4n) is 2.86. The summed E-state index contributed by atoms with van der Waals surface area (Å²) < 4.78 is 11.9. The number of ether oxygens (including phenoxy) is 2. The lowest BCUT2D eigenvalue weighted by Gasteiger charge is -2.27. The number of aryl methyl sites for hydroxylation is 1. The first kappa shape index (κ1) is 17.7. The van der Waals surface area contributed by atoms with E-state index >= 15 is 0 Å². The summed E-state index contributed by atoms with van der Waals surface area (Å²) in [7, 11) is 4.85. The molecule has 0 aliphatic carbocycles. The Kier molecular flexibility index (Phi) is 4.77. The molecule has 0 saturated carbocycles. The van der Waals surface area contributed by atoms with E-state index in [2.05, 4.69) is 4.98 Å². The molecule has 3 aromatic rings. The number of imidazole rings is 1. The van der Waals surface area contributed by atoms with Gasteiger partial charge in [0.05, 0.1) is 14.2 Å². The molecule has 1 aromatic heterocycles. The van der Waals surface area contributed by atoms with Crippen molar-refractivity contribution < 1.29 is 19.4 Å². The van der Waals surface area contributed by atoms with Crippen LogP contribution in [-0.2, 0) is 12.6 Å². The lowest BCUT2D eigenvalue weighted by molar-refractivity contribution is 0.0441. The molecule has 0 spiro atoms. The van der Waals surface area contributed by atoms with Crippen LogP contribution in [0.2, 0.25) is 0 Å². The molecule has 6 heteroatoms. The van der Waals surface area contributed by atoms with Crippen LogP contribution in [0.15, 0.2) is 60.9 Å². The normalized spacial score (nSPS) is 13.1. The Labute approximate surface area is 151 Å². The predicted octanol–water partition coefficient (Wildman–Crippen LogP) is 2.56. The molecule has 0 saturated heterocycles. The van der Waals surface area contributed by atoms with Gasteiger partial charge in [-0.3, -0.25) is 4.79 Å². The zero-order valence-electron chi connectivity index (χ0n) is 14.8. The monoisotopic (exact) mass is 352 g/mol. The minimum absolute atomic E-state index is 0.239. The molecule has 1 atom stereocenters. The van der Waals surface area contributed by atoms with Crippen LogP contribution in [0.4, 0.5) is 0 Å². The maximum Gasteiger partial charge on any atom is 0.211 e. The van der Waals surface area contributed by atoms with Gasteiger partial charge in [0.15, 0.2) is 5.82 Å². The molecule has 1 unspecified atom stereocenters. The third-order valence-electron chi connectivity index (χ3n) is 4.33. The van der Waals surface area contributed by atoms with E-state index in [1.807, 2.05) is 0 Å². The van der Waals surface area contributed by atoms with Crippen molar-refractivity contribution in [1.29, 1.82) is 0 Å². The van der Waals surface area contributed by atoms with Crippen LogP contribution in [0.25, 0.3) is 0 Å². The number of hydrogen-bond acceptors (Lipinski definition) is 5. The molecule has 0 radical (unpaired) electrons. The highest BCUT2D eigenvalue weighted by Gasteiger charge is 2.43. The number of carbonyl (C=O) groups excluding carboxylic acids is 1. The van der Waals surface area contributed by atoms with Gasteiger partial charge in [-0.15, -0.1) is 0 Å². The lowest BCUT2D eigenvalue weighted by Crippen LogP contribution is -2.39. The third-order valence-corrected chi connectivity index (χ3v) is 4.33. The Morgan fingerprint density at radius 1 is 1.00 bits per heavy atom. The molecule has 0 aliphatic heterocycles. The summed E-state index contributed by atoms with van der Waals surface area (Å²) in [4.78, 5) is 17.5. The van der Waals surface area contributed by atoms with Gasteiger partial charge in [0.2, 0.25) is 11.4 Å². The van der Waals surface area contributed by atoms with Crippen molar-refractivity contribution in [2.45, 2.75) is 5.60 Å². The first-order valence-corrected chi connectivity index (χ1v) is 8.04. The van der Waals surface area contributed by atoms with Gasteiger partial charge in [0, 0.05) is 25.0 Å². The molecular formula is C20H20N2O4. The van der Waals surface area contributed by atoms with Gasteiger partial charge in [0.1, 0.15) is 11.5 Å². The average Bonchev–Trinajstić information content (AvgIpc) is 3.13. The maximum atomic E-state index is 13.3. The van der Waals surface area contributed by atoms with Crippen LogP contribution in [0.3, 0.4) is 0 Å². The Bertz CT molecular complexity index is 900. The number of aliphatic hydroxyl groups is 1. The SMILES string of the molecule is COc1ccc(C(=O)C(O)(c2ccc(OC)cc2)c2nccn2C)cc1. The number of benzene rings is 2. The third kappa shape index (κ3) is 2.95. The van der Waals surface area contributed by atoms with Gasteiger partial charge in [-0.2, -0.15) is 0 Å².